The van der Waals surface area contributed by atoms with Crippen LogP contribution >= 0.6 is 11.6 Å². The third-order valence-electron chi connectivity index (χ3n) is 3.19. The van der Waals surface area contributed by atoms with Crippen molar-refractivity contribution in [1.29, 1.82) is 0 Å². The lowest BCUT2D eigenvalue weighted by Gasteiger charge is -2.17. The van der Waals surface area contributed by atoms with Gasteiger partial charge in [-0.3, -0.25) is 4.79 Å². The summed E-state index contributed by atoms with van der Waals surface area (Å²) in [5.74, 6) is 0.207. The van der Waals surface area contributed by atoms with E-state index in [0.717, 1.165) is 5.56 Å². The highest BCUT2D eigenvalue weighted by Crippen LogP contribution is 2.25. The van der Waals surface area contributed by atoms with E-state index in [1.807, 2.05) is 25.1 Å². The number of anilines is 1. The van der Waals surface area contributed by atoms with Crippen LogP contribution in [0.5, 0.6) is 5.75 Å². The summed E-state index contributed by atoms with van der Waals surface area (Å²) in [5.41, 5.74) is 7.53. The number of methoxy groups -OCH3 is 1. The summed E-state index contributed by atoms with van der Waals surface area (Å²) in [6.45, 7) is 1.88. The first-order chi connectivity index (χ1) is 10.0. The van der Waals surface area contributed by atoms with Gasteiger partial charge in [-0.2, -0.15) is 0 Å². The maximum Gasteiger partial charge on any atom is 0.255 e. The quantitative estimate of drug-likeness (QED) is 0.851. The summed E-state index contributed by atoms with van der Waals surface area (Å²) in [4.78, 5) is 12.4. The lowest BCUT2D eigenvalue weighted by Crippen LogP contribution is -2.27. The van der Waals surface area contributed by atoms with Gasteiger partial charge in [0.05, 0.1) is 18.7 Å². The van der Waals surface area contributed by atoms with Gasteiger partial charge in [-0.1, -0.05) is 29.8 Å². The number of nitrogen functional groups attached to an aromatic ring is 1. The van der Waals surface area contributed by atoms with Crippen LogP contribution in [0.15, 0.2) is 42.5 Å². The summed E-state index contributed by atoms with van der Waals surface area (Å²) >= 11 is 6.14. The minimum Gasteiger partial charge on any atom is -0.496 e. The Balaban J connectivity index is 2.20. The van der Waals surface area contributed by atoms with Crippen LogP contribution in [0, 0.1) is 0 Å². The van der Waals surface area contributed by atoms with Crippen LogP contribution in [-0.2, 0) is 0 Å². The van der Waals surface area contributed by atoms with Crippen LogP contribution in [0.25, 0.3) is 0 Å². The molecule has 0 aliphatic carbocycles. The Morgan fingerprint density at radius 3 is 2.67 bits per heavy atom. The number of rotatable bonds is 4. The fraction of sp³-hybridized carbons (Fsp3) is 0.188. The Labute approximate surface area is 128 Å². The highest BCUT2D eigenvalue weighted by molar-refractivity contribution is 6.31. The molecule has 1 atom stereocenters. The number of nitrogens with two attached hydrogens (primary N) is 1. The number of ether oxygens (including phenoxy) is 1. The first kappa shape index (κ1) is 15.2. The van der Waals surface area contributed by atoms with Gasteiger partial charge < -0.3 is 15.8 Å². The van der Waals surface area contributed by atoms with Crippen LogP contribution < -0.4 is 15.8 Å². The number of amides is 1. The van der Waals surface area contributed by atoms with Crippen LogP contribution in [0.4, 0.5) is 5.69 Å². The van der Waals surface area contributed by atoms with Crippen molar-refractivity contribution in [2.75, 3.05) is 12.8 Å². The standard InChI is InChI=1S/C16H17ClN2O2/c1-10(12-5-3-4-6-14(12)17)19-16(20)13-8-7-11(18)9-15(13)21-2/h3-10H,18H2,1-2H3,(H,19,20)/t10-/m0/s1. The van der Waals surface area contributed by atoms with Gasteiger partial charge in [-0.05, 0) is 30.7 Å². The summed E-state index contributed by atoms with van der Waals surface area (Å²) < 4.78 is 5.19. The molecular weight excluding hydrogens is 288 g/mol. The second-order valence-corrected chi connectivity index (χ2v) is 5.08. The molecule has 21 heavy (non-hydrogen) atoms. The number of carbonyl (C=O) groups is 1. The molecule has 110 valence electrons. The lowest BCUT2D eigenvalue weighted by molar-refractivity contribution is 0.0937. The van der Waals surface area contributed by atoms with Crippen molar-refractivity contribution in [1.82, 2.24) is 5.32 Å². The second kappa shape index (κ2) is 6.50. The van der Waals surface area contributed by atoms with Gasteiger partial charge in [0.2, 0.25) is 0 Å². The van der Waals surface area contributed by atoms with E-state index in [9.17, 15) is 4.79 Å². The molecule has 0 heterocycles. The molecule has 2 rings (SSSR count). The predicted octanol–water partition coefficient (Wildman–Crippen LogP) is 3.42. The maximum atomic E-state index is 12.4. The van der Waals surface area contributed by atoms with E-state index in [4.69, 9.17) is 22.1 Å². The molecule has 4 nitrogen and oxygen atoms in total. The molecule has 0 aliphatic heterocycles. The predicted molar refractivity (Wildman–Crippen MR) is 84.7 cm³/mol. The Kier molecular flexibility index (Phi) is 4.70. The highest BCUT2D eigenvalue weighted by atomic mass is 35.5. The number of hydrogen-bond acceptors (Lipinski definition) is 3. The van der Waals surface area contributed by atoms with Crippen molar-refractivity contribution in [3.8, 4) is 5.75 Å². The van der Waals surface area contributed by atoms with E-state index in [1.165, 1.54) is 7.11 Å². The topological polar surface area (TPSA) is 64.3 Å². The molecule has 0 unspecified atom stereocenters. The summed E-state index contributed by atoms with van der Waals surface area (Å²) in [6, 6.07) is 12.1. The van der Waals surface area contributed by atoms with Gasteiger partial charge in [0.1, 0.15) is 5.75 Å². The Bertz CT molecular complexity index is 658. The number of halogens is 1. The molecule has 0 fully saturated rings. The summed E-state index contributed by atoms with van der Waals surface area (Å²) in [7, 11) is 1.50. The SMILES string of the molecule is COc1cc(N)ccc1C(=O)N[C@@H](C)c1ccccc1Cl. The largest absolute Gasteiger partial charge is 0.496 e. The molecule has 0 spiro atoms. The van der Waals surface area contributed by atoms with Crippen molar-refractivity contribution in [2.45, 2.75) is 13.0 Å². The second-order valence-electron chi connectivity index (χ2n) is 4.68. The van der Waals surface area contributed by atoms with E-state index in [-0.39, 0.29) is 11.9 Å². The van der Waals surface area contributed by atoms with E-state index in [0.29, 0.717) is 22.0 Å². The lowest BCUT2D eigenvalue weighted by atomic mass is 10.1. The van der Waals surface area contributed by atoms with Gasteiger partial charge in [0.25, 0.3) is 5.91 Å². The Morgan fingerprint density at radius 2 is 2.00 bits per heavy atom. The van der Waals surface area contributed by atoms with Crippen molar-refractivity contribution in [3.05, 3.63) is 58.6 Å². The fourth-order valence-electron chi connectivity index (χ4n) is 2.07. The number of hydrogen-bond donors (Lipinski definition) is 2. The fourth-order valence-corrected chi connectivity index (χ4v) is 2.37. The smallest absolute Gasteiger partial charge is 0.255 e. The molecule has 2 aromatic carbocycles. The third kappa shape index (κ3) is 3.47. The van der Waals surface area contributed by atoms with Gasteiger partial charge in [0, 0.05) is 16.8 Å². The first-order valence-corrected chi connectivity index (χ1v) is 6.89. The van der Waals surface area contributed by atoms with Crippen molar-refractivity contribution >= 4 is 23.2 Å². The van der Waals surface area contributed by atoms with Crippen molar-refractivity contribution in [2.24, 2.45) is 0 Å². The number of nitrogens with one attached hydrogen (secondary N) is 1. The van der Waals surface area contributed by atoms with E-state index >= 15 is 0 Å². The first-order valence-electron chi connectivity index (χ1n) is 6.51. The zero-order valence-electron chi connectivity index (χ0n) is 11.9. The minimum absolute atomic E-state index is 0.214. The average molecular weight is 305 g/mol. The van der Waals surface area contributed by atoms with E-state index in [2.05, 4.69) is 5.32 Å². The third-order valence-corrected chi connectivity index (χ3v) is 3.53. The monoisotopic (exact) mass is 304 g/mol. The van der Waals surface area contributed by atoms with E-state index < -0.39 is 0 Å². The molecule has 2 aromatic rings. The summed E-state index contributed by atoms with van der Waals surface area (Å²) in [5, 5.41) is 3.52. The van der Waals surface area contributed by atoms with Crippen molar-refractivity contribution < 1.29 is 9.53 Å². The molecule has 0 saturated carbocycles. The Morgan fingerprint density at radius 1 is 1.29 bits per heavy atom. The van der Waals surface area contributed by atoms with Gasteiger partial charge in [-0.25, -0.2) is 0 Å². The molecule has 1 amide bonds. The van der Waals surface area contributed by atoms with Crippen LogP contribution in [0.2, 0.25) is 5.02 Å². The molecule has 0 bridgehead atoms. The van der Waals surface area contributed by atoms with Gasteiger partial charge >= 0.3 is 0 Å². The number of benzene rings is 2. The molecule has 0 radical (unpaired) electrons. The van der Waals surface area contributed by atoms with Crippen LogP contribution in [0.3, 0.4) is 0 Å². The van der Waals surface area contributed by atoms with Crippen LogP contribution in [0.1, 0.15) is 28.9 Å². The highest BCUT2D eigenvalue weighted by Gasteiger charge is 2.17. The zero-order valence-corrected chi connectivity index (χ0v) is 12.6. The molecule has 0 aliphatic rings. The average Bonchev–Trinajstić information content (AvgIpc) is 2.47. The minimum atomic E-state index is -0.237. The zero-order chi connectivity index (χ0) is 15.4. The van der Waals surface area contributed by atoms with Crippen molar-refractivity contribution in [3.63, 3.8) is 0 Å². The molecule has 3 N–H and O–H groups in total. The number of carbonyl (C=O) groups excluding carboxylic acids is 1. The van der Waals surface area contributed by atoms with Crippen LogP contribution in [-0.4, -0.2) is 13.0 Å². The maximum absolute atomic E-state index is 12.4. The van der Waals surface area contributed by atoms with E-state index in [1.54, 1.807) is 24.3 Å². The Hall–Kier alpha value is -2.20. The molecule has 5 heteroatoms. The molecule has 0 saturated heterocycles. The molecular formula is C16H17ClN2O2. The summed E-state index contributed by atoms with van der Waals surface area (Å²) in [6.07, 6.45) is 0. The molecule has 0 aromatic heterocycles. The normalized spacial score (nSPS) is 11.8. The van der Waals surface area contributed by atoms with Gasteiger partial charge in [-0.15, -0.1) is 0 Å². The van der Waals surface area contributed by atoms with Gasteiger partial charge in [0.15, 0.2) is 0 Å².